The van der Waals surface area contributed by atoms with Crippen LogP contribution >= 0.6 is 15.8 Å². The molecule has 200 valence electrons. The fourth-order valence-electron chi connectivity index (χ4n) is 5.92. The highest BCUT2D eigenvalue weighted by molar-refractivity contribution is 7.72. The van der Waals surface area contributed by atoms with Crippen LogP contribution in [0.2, 0.25) is 0 Å². The standard InChI is InChI=1S/C36H36N2P2/c1-27(29-17-7-3-8-18-29)39(28(2)30-19-9-4-10-20-30)33-25-15-16-26-34(33)40-35(31-21-11-5-12-22-31)37-38-36(40)32-23-13-6-14-24-32/h3-28,35-38H,1-2H3/t27-,28+,35-,36-,39?/m0/s1. The van der Waals surface area contributed by atoms with Crippen molar-refractivity contribution in [1.29, 1.82) is 0 Å². The van der Waals surface area contributed by atoms with E-state index >= 15 is 0 Å². The summed E-state index contributed by atoms with van der Waals surface area (Å²) >= 11 is 0. The Bertz CT molecular complexity index is 1380. The Labute approximate surface area is 241 Å². The van der Waals surface area contributed by atoms with Gasteiger partial charge in [-0.25, -0.2) is 10.9 Å². The smallest absolute Gasteiger partial charge is 0.0718 e. The molecule has 5 aromatic carbocycles. The van der Waals surface area contributed by atoms with E-state index in [2.05, 4.69) is 170 Å². The summed E-state index contributed by atoms with van der Waals surface area (Å²) in [5.74, 6) is 0.442. The van der Waals surface area contributed by atoms with E-state index in [1.165, 1.54) is 32.9 Å². The average Bonchev–Trinajstić information content (AvgIpc) is 3.48. The average molecular weight is 559 g/mol. The number of nitrogens with one attached hydrogen (secondary N) is 2. The highest BCUT2D eigenvalue weighted by Crippen LogP contribution is 2.65. The summed E-state index contributed by atoms with van der Waals surface area (Å²) in [4.78, 5) is 0. The molecule has 2 nitrogen and oxygen atoms in total. The lowest BCUT2D eigenvalue weighted by molar-refractivity contribution is 0.555. The van der Waals surface area contributed by atoms with E-state index in [-0.39, 0.29) is 11.6 Å². The summed E-state index contributed by atoms with van der Waals surface area (Å²) in [6, 6.07) is 53.5. The molecule has 40 heavy (non-hydrogen) atoms. The molecule has 0 radical (unpaired) electrons. The van der Waals surface area contributed by atoms with Crippen molar-refractivity contribution >= 4 is 26.5 Å². The van der Waals surface area contributed by atoms with Crippen LogP contribution in [0.4, 0.5) is 0 Å². The number of benzene rings is 5. The fraction of sp³-hybridized carbons (Fsp3) is 0.167. The maximum absolute atomic E-state index is 3.74. The third kappa shape index (κ3) is 5.56. The van der Waals surface area contributed by atoms with Crippen LogP contribution in [0.25, 0.3) is 0 Å². The Balaban J connectivity index is 1.51. The molecule has 1 heterocycles. The lowest BCUT2D eigenvalue weighted by Crippen LogP contribution is -2.27. The molecule has 0 bridgehead atoms. The summed E-state index contributed by atoms with van der Waals surface area (Å²) in [6.07, 6.45) is 0. The van der Waals surface area contributed by atoms with E-state index in [1.807, 2.05) is 0 Å². The van der Waals surface area contributed by atoms with Crippen LogP contribution in [0.1, 0.15) is 59.0 Å². The van der Waals surface area contributed by atoms with Crippen LogP contribution in [-0.4, -0.2) is 0 Å². The topological polar surface area (TPSA) is 24.1 Å². The SMILES string of the molecule is C[C@H](c1ccccc1)P(c1ccccc1P1[C@@H](c2ccccc2)NN[C@@H]1c1ccccc1)[C@@H](C)c1ccccc1. The van der Waals surface area contributed by atoms with Crippen molar-refractivity contribution in [2.45, 2.75) is 36.7 Å². The van der Waals surface area contributed by atoms with Gasteiger partial charge in [0.2, 0.25) is 0 Å². The van der Waals surface area contributed by atoms with Crippen molar-refractivity contribution < 1.29 is 0 Å². The number of rotatable bonds is 8. The molecule has 1 unspecified atom stereocenters. The first-order valence-corrected chi connectivity index (χ1v) is 17.0. The second kappa shape index (κ2) is 12.6. The second-order valence-electron chi connectivity index (χ2n) is 10.4. The first kappa shape index (κ1) is 27.1. The largest absolute Gasteiger partial charge is 0.245 e. The van der Waals surface area contributed by atoms with Gasteiger partial charge in [0.25, 0.3) is 0 Å². The van der Waals surface area contributed by atoms with Gasteiger partial charge in [-0.2, -0.15) is 0 Å². The van der Waals surface area contributed by atoms with Crippen LogP contribution in [0.5, 0.6) is 0 Å². The minimum Gasteiger partial charge on any atom is -0.245 e. The number of hydrogen-bond acceptors (Lipinski definition) is 2. The van der Waals surface area contributed by atoms with E-state index in [0.29, 0.717) is 11.3 Å². The van der Waals surface area contributed by atoms with Crippen molar-refractivity contribution in [2.75, 3.05) is 0 Å². The molecule has 6 rings (SSSR count). The zero-order valence-electron chi connectivity index (χ0n) is 23.1. The second-order valence-corrected chi connectivity index (χ2v) is 15.6. The Morgan fingerprint density at radius 3 is 1.32 bits per heavy atom. The molecule has 2 N–H and O–H groups in total. The van der Waals surface area contributed by atoms with Crippen molar-refractivity contribution in [3.8, 4) is 0 Å². The Kier molecular flexibility index (Phi) is 8.52. The molecule has 1 aliphatic rings. The maximum Gasteiger partial charge on any atom is 0.0718 e. The molecule has 0 amide bonds. The molecule has 5 aromatic rings. The minimum atomic E-state index is -0.666. The Hall–Kier alpha value is -3.12. The van der Waals surface area contributed by atoms with E-state index in [9.17, 15) is 0 Å². The molecule has 0 saturated carbocycles. The van der Waals surface area contributed by atoms with E-state index in [4.69, 9.17) is 0 Å². The molecule has 1 aliphatic heterocycles. The van der Waals surface area contributed by atoms with Gasteiger partial charge in [-0.15, -0.1) is 0 Å². The van der Waals surface area contributed by atoms with E-state index in [1.54, 1.807) is 0 Å². The number of hydrazine groups is 1. The van der Waals surface area contributed by atoms with Gasteiger partial charge in [0.15, 0.2) is 0 Å². The van der Waals surface area contributed by atoms with Gasteiger partial charge in [-0.1, -0.05) is 167 Å². The summed E-state index contributed by atoms with van der Waals surface area (Å²) in [5, 5.41) is 3.04. The van der Waals surface area contributed by atoms with E-state index in [0.717, 1.165) is 0 Å². The van der Waals surface area contributed by atoms with Crippen LogP contribution < -0.4 is 21.5 Å². The van der Waals surface area contributed by atoms with Gasteiger partial charge in [-0.3, -0.25) is 0 Å². The van der Waals surface area contributed by atoms with E-state index < -0.39 is 15.8 Å². The summed E-state index contributed by atoms with van der Waals surface area (Å²) in [6.45, 7) is 4.89. The molecule has 1 fully saturated rings. The van der Waals surface area contributed by atoms with Crippen LogP contribution in [0, 0.1) is 0 Å². The van der Waals surface area contributed by atoms with Gasteiger partial charge in [0, 0.05) is 11.3 Å². The molecule has 5 atom stereocenters. The van der Waals surface area contributed by atoms with Crippen LogP contribution in [0.15, 0.2) is 146 Å². The summed E-state index contributed by atoms with van der Waals surface area (Å²) in [5.41, 5.74) is 13.8. The fourth-order valence-corrected chi connectivity index (χ4v) is 12.6. The van der Waals surface area contributed by atoms with Gasteiger partial charge >= 0.3 is 0 Å². The molecule has 0 spiro atoms. The predicted molar refractivity (Wildman–Crippen MR) is 174 cm³/mol. The maximum atomic E-state index is 3.74. The van der Waals surface area contributed by atoms with Crippen LogP contribution in [-0.2, 0) is 0 Å². The summed E-state index contributed by atoms with van der Waals surface area (Å²) < 4.78 is 0. The van der Waals surface area contributed by atoms with Crippen molar-refractivity contribution in [1.82, 2.24) is 10.9 Å². The van der Waals surface area contributed by atoms with Gasteiger partial charge in [0.05, 0.1) is 11.6 Å². The Morgan fingerprint density at radius 1 is 0.500 bits per heavy atom. The molecule has 0 aliphatic carbocycles. The Morgan fingerprint density at radius 2 is 0.875 bits per heavy atom. The highest BCUT2D eigenvalue weighted by Gasteiger charge is 2.41. The van der Waals surface area contributed by atoms with Gasteiger partial charge < -0.3 is 0 Å². The normalized spacial score (nSPS) is 19.6. The first-order chi connectivity index (χ1) is 19.7. The molecular formula is C36H36N2P2. The number of hydrogen-bond donors (Lipinski definition) is 2. The van der Waals surface area contributed by atoms with Gasteiger partial charge in [0.1, 0.15) is 0 Å². The molecule has 0 aromatic heterocycles. The molecule has 1 saturated heterocycles. The zero-order valence-corrected chi connectivity index (χ0v) is 24.8. The first-order valence-electron chi connectivity index (χ1n) is 14.1. The van der Waals surface area contributed by atoms with Gasteiger partial charge in [-0.05, 0) is 40.8 Å². The lowest BCUT2D eigenvalue weighted by atomic mass is 10.2. The quantitative estimate of drug-likeness (QED) is 0.186. The van der Waals surface area contributed by atoms with Crippen molar-refractivity contribution in [3.63, 3.8) is 0 Å². The van der Waals surface area contributed by atoms with Crippen LogP contribution in [0.3, 0.4) is 0 Å². The lowest BCUT2D eigenvalue weighted by Gasteiger charge is -2.36. The minimum absolute atomic E-state index is 0.221. The van der Waals surface area contributed by atoms with Crippen molar-refractivity contribution in [2.24, 2.45) is 0 Å². The third-order valence-corrected chi connectivity index (χ3v) is 14.3. The molecular weight excluding hydrogens is 522 g/mol. The predicted octanol–water partition coefficient (Wildman–Crippen LogP) is 8.93. The zero-order chi connectivity index (χ0) is 27.3. The van der Waals surface area contributed by atoms with Crippen molar-refractivity contribution in [3.05, 3.63) is 168 Å². The third-order valence-electron chi connectivity index (χ3n) is 7.98. The highest BCUT2D eigenvalue weighted by atomic mass is 31.1. The molecule has 4 heteroatoms. The monoisotopic (exact) mass is 558 g/mol. The summed E-state index contributed by atoms with van der Waals surface area (Å²) in [7, 11) is -1.25.